The quantitative estimate of drug-likeness (QED) is 0.563. The van der Waals surface area contributed by atoms with Crippen molar-refractivity contribution >= 4 is 0 Å². The monoisotopic (exact) mass is 251 g/mol. The van der Waals surface area contributed by atoms with Crippen LogP contribution in [0, 0.1) is 17.8 Å². The van der Waals surface area contributed by atoms with E-state index in [1.54, 1.807) is 5.57 Å². The van der Waals surface area contributed by atoms with E-state index in [0.717, 1.165) is 23.8 Å². The van der Waals surface area contributed by atoms with E-state index in [1.165, 1.54) is 32.4 Å². The summed E-state index contributed by atoms with van der Waals surface area (Å²) in [6.07, 6.45) is 6.35. The van der Waals surface area contributed by atoms with Gasteiger partial charge in [0.15, 0.2) is 0 Å². The molecular weight excluding hydrogens is 218 g/mol. The van der Waals surface area contributed by atoms with Gasteiger partial charge >= 0.3 is 0 Å². The molecule has 0 saturated carbocycles. The third-order valence-corrected chi connectivity index (χ3v) is 4.74. The molecule has 18 heavy (non-hydrogen) atoms. The smallest absolute Gasteiger partial charge is 0.0189 e. The molecule has 0 aromatic carbocycles. The van der Waals surface area contributed by atoms with Gasteiger partial charge in [0.1, 0.15) is 0 Å². The molecule has 0 N–H and O–H groups in total. The van der Waals surface area contributed by atoms with E-state index < -0.39 is 0 Å². The first-order chi connectivity index (χ1) is 8.51. The third-order valence-electron chi connectivity index (χ3n) is 4.74. The van der Waals surface area contributed by atoms with E-state index in [4.69, 9.17) is 0 Å². The summed E-state index contributed by atoms with van der Waals surface area (Å²) in [5.74, 6) is 2.45. The van der Waals surface area contributed by atoms with Crippen LogP contribution in [-0.2, 0) is 0 Å². The van der Waals surface area contributed by atoms with Gasteiger partial charge in [0.2, 0.25) is 0 Å². The average Bonchev–Trinajstić information content (AvgIpc) is 2.34. The summed E-state index contributed by atoms with van der Waals surface area (Å²) in [5, 5.41) is 0. The predicted octanol–water partition coefficient (Wildman–Crippen LogP) is 4.74. The van der Waals surface area contributed by atoms with Crippen molar-refractivity contribution in [2.24, 2.45) is 17.8 Å². The van der Waals surface area contributed by atoms with Gasteiger partial charge in [0.25, 0.3) is 0 Å². The number of nitrogens with zero attached hydrogens (tertiary/aromatic N) is 1. The molecule has 1 aliphatic carbocycles. The fraction of sp³-hybridized carbons (Fsp3) is 0.882. The molecule has 0 saturated heterocycles. The minimum Gasteiger partial charge on any atom is -0.300 e. The zero-order chi connectivity index (χ0) is 13.7. The van der Waals surface area contributed by atoms with Crippen LogP contribution in [-0.4, -0.2) is 24.0 Å². The predicted molar refractivity (Wildman–Crippen MR) is 81.8 cm³/mol. The van der Waals surface area contributed by atoms with Crippen LogP contribution in [0.4, 0.5) is 0 Å². The normalized spacial score (nSPS) is 22.9. The Morgan fingerprint density at radius 3 is 2.28 bits per heavy atom. The fourth-order valence-corrected chi connectivity index (χ4v) is 3.09. The molecule has 0 amide bonds. The van der Waals surface area contributed by atoms with Crippen LogP contribution in [0.5, 0.6) is 0 Å². The third kappa shape index (κ3) is 3.85. The summed E-state index contributed by atoms with van der Waals surface area (Å²) in [4.78, 5) is 2.75. The second kappa shape index (κ2) is 7.33. The van der Waals surface area contributed by atoms with E-state index >= 15 is 0 Å². The molecule has 0 radical (unpaired) electrons. The van der Waals surface area contributed by atoms with Gasteiger partial charge in [-0.05, 0) is 50.6 Å². The van der Waals surface area contributed by atoms with Crippen molar-refractivity contribution in [2.75, 3.05) is 13.1 Å². The molecule has 1 rings (SSSR count). The van der Waals surface area contributed by atoms with Crippen molar-refractivity contribution in [3.63, 3.8) is 0 Å². The van der Waals surface area contributed by atoms with Crippen molar-refractivity contribution in [2.45, 2.75) is 66.8 Å². The number of rotatable bonds is 8. The molecule has 1 heteroatoms. The maximum absolute atomic E-state index is 2.75. The summed E-state index contributed by atoms with van der Waals surface area (Å²) in [7, 11) is 0. The largest absolute Gasteiger partial charge is 0.300 e. The van der Waals surface area contributed by atoms with Gasteiger partial charge in [-0.2, -0.15) is 0 Å². The molecule has 1 nitrogen and oxygen atoms in total. The highest BCUT2D eigenvalue weighted by atomic mass is 15.2. The molecule has 0 aliphatic heterocycles. The van der Waals surface area contributed by atoms with Crippen LogP contribution in [0.1, 0.15) is 60.8 Å². The van der Waals surface area contributed by atoms with Gasteiger partial charge < -0.3 is 0 Å². The van der Waals surface area contributed by atoms with Gasteiger partial charge in [-0.15, -0.1) is 0 Å². The highest BCUT2D eigenvalue weighted by Crippen LogP contribution is 2.36. The Labute approximate surface area is 115 Å². The van der Waals surface area contributed by atoms with Gasteiger partial charge in [-0.3, -0.25) is 4.90 Å². The lowest BCUT2D eigenvalue weighted by molar-refractivity contribution is 0.0996. The van der Waals surface area contributed by atoms with E-state index in [-0.39, 0.29) is 0 Å². The van der Waals surface area contributed by atoms with Crippen LogP contribution in [0.2, 0.25) is 0 Å². The lowest BCUT2D eigenvalue weighted by Gasteiger charge is -2.44. The van der Waals surface area contributed by atoms with Gasteiger partial charge in [0.05, 0.1) is 0 Å². The topological polar surface area (TPSA) is 3.24 Å². The first kappa shape index (κ1) is 15.8. The van der Waals surface area contributed by atoms with Crippen molar-refractivity contribution < 1.29 is 0 Å². The first-order valence-corrected chi connectivity index (χ1v) is 7.91. The lowest BCUT2D eigenvalue weighted by Crippen LogP contribution is -2.47. The second-order valence-corrected chi connectivity index (χ2v) is 6.48. The van der Waals surface area contributed by atoms with Crippen LogP contribution >= 0.6 is 0 Å². The number of allylic oxidation sites excluding steroid dienone is 1. The van der Waals surface area contributed by atoms with E-state index in [2.05, 4.69) is 52.5 Å². The zero-order valence-electron chi connectivity index (χ0n) is 13.4. The number of hydrogen-bond donors (Lipinski definition) is 0. The van der Waals surface area contributed by atoms with Crippen LogP contribution in [0.25, 0.3) is 0 Å². The van der Waals surface area contributed by atoms with Crippen molar-refractivity contribution in [1.29, 1.82) is 0 Å². The molecule has 0 fully saturated rings. The molecule has 1 aliphatic rings. The van der Waals surface area contributed by atoms with Gasteiger partial charge in [-0.1, -0.05) is 52.7 Å². The SMILES string of the molecule is CCC(C)C(C1CC=C1C)N(CC)CCC(C)C. The highest BCUT2D eigenvalue weighted by Gasteiger charge is 2.34. The van der Waals surface area contributed by atoms with Crippen LogP contribution < -0.4 is 0 Å². The Bertz CT molecular complexity index is 267. The molecular formula is C17H33N. The molecule has 0 aromatic rings. The summed E-state index contributed by atoms with van der Waals surface area (Å²) in [6.45, 7) is 16.6. The molecule has 3 unspecified atom stereocenters. The molecule has 0 aromatic heterocycles. The van der Waals surface area contributed by atoms with Crippen molar-refractivity contribution in [3.05, 3.63) is 11.6 Å². The Hall–Kier alpha value is -0.300. The lowest BCUT2D eigenvalue weighted by atomic mass is 9.74. The Morgan fingerprint density at radius 1 is 1.28 bits per heavy atom. The Morgan fingerprint density at radius 2 is 1.94 bits per heavy atom. The first-order valence-electron chi connectivity index (χ1n) is 7.91. The Balaban J connectivity index is 2.70. The number of hydrogen-bond acceptors (Lipinski definition) is 1. The molecule has 0 bridgehead atoms. The van der Waals surface area contributed by atoms with Gasteiger partial charge in [0, 0.05) is 6.04 Å². The van der Waals surface area contributed by atoms with E-state index in [9.17, 15) is 0 Å². The minimum atomic E-state index is 0.767. The maximum atomic E-state index is 2.75. The second-order valence-electron chi connectivity index (χ2n) is 6.48. The highest BCUT2D eigenvalue weighted by molar-refractivity contribution is 5.18. The van der Waals surface area contributed by atoms with E-state index in [1.807, 2.05) is 0 Å². The maximum Gasteiger partial charge on any atom is 0.0189 e. The summed E-state index contributed by atoms with van der Waals surface area (Å²) >= 11 is 0. The minimum absolute atomic E-state index is 0.767. The van der Waals surface area contributed by atoms with Gasteiger partial charge in [-0.25, -0.2) is 0 Å². The zero-order valence-corrected chi connectivity index (χ0v) is 13.4. The summed E-state index contributed by atoms with van der Waals surface area (Å²) in [6, 6.07) is 0.767. The average molecular weight is 251 g/mol. The standard InChI is InChI=1S/C17H33N/c1-7-14(5)17(16-10-9-15(16)6)18(8-2)12-11-13(3)4/h9,13-14,16-17H,7-8,10-12H2,1-6H3. The van der Waals surface area contributed by atoms with E-state index in [0.29, 0.717) is 0 Å². The molecule has 3 atom stereocenters. The van der Waals surface area contributed by atoms with Crippen molar-refractivity contribution in [1.82, 2.24) is 4.90 Å². The Kier molecular flexibility index (Phi) is 6.42. The molecule has 106 valence electrons. The fourth-order valence-electron chi connectivity index (χ4n) is 3.09. The molecule has 0 heterocycles. The van der Waals surface area contributed by atoms with Crippen LogP contribution in [0.3, 0.4) is 0 Å². The summed E-state index contributed by atoms with van der Waals surface area (Å²) in [5.41, 5.74) is 1.63. The van der Waals surface area contributed by atoms with Crippen LogP contribution in [0.15, 0.2) is 11.6 Å². The van der Waals surface area contributed by atoms with Crippen molar-refractivity contribution in [3.8, 4) is 0 Å². The molecule has 0 spiro atoms. The summed E-state index contributed by atoms with van der Waals surface area (Å²) < 4.78 is 0.